The SMILES string of the molecule is O=C(Nc1cccc2cccnc12)c1ccc(S(=O)(=O)N2CCOCC2)cc1. The highest BCUT2D eigenvalue weighted by atomic mass is 32.2. The molecule has 0 unspecified atom stereocenters. The molecule has 1 aliphatic heterocycles. The van der Waals surface area contributed by atoms with Gasteiger partial charge in [-0.05, 0) is 36.4 Å². The van der Waals surface area contributed by atoms with Crippen LogP contribution in [0.4, 0.5) is 5.69 Å². The Hall–Kier alpha value is -2.81. The average Bonchev–Trinajstić information content (AvgIpc) is 2.75. The molecule has 28 heavy (non-hydrogen) atoms. The summed E-state index contributed by atoms with van der Waals surface area (Å²) >= 11 is 0. The first-order valence-electron chi connectivity index (χ1n) is 8.89. The summed E-state index contributed by atoms with van der Waals surface area (Å²) in [6.07, 6.45) is 1.67. The Morgan fingerprint density at radius 3 is 2.46 bits per heavy atom. The molecule has 0 radical (unpaired) electrons. The fourth-order valence-corrected chi connectivity index (χ4v) is 4.52. The number of carbonyl (C=O) groups is 1. The molecule has 0 spiro atoms. The van der Waals surface area contributed by atoms with E-state index in [0.29, 0.717) is 43.1 Å². The zero-order chi connectivity index (χ0) is 19.6. The highest BCUT2D eigenvalue weighted by molar-refractivity contribution is 7.89. The molecule has 144 valence electrons. The van der Waals surface area contributed by atoms with E-state index in [2.05, 4.69) is 10.3 Å². The van der Waals surface area contributed by atoms with E-state index in [-0.39, 0.29) is 10.8 Å². The molecular weight excluding hydrogens is 378 g/mol. The maximum atomic E-state index is 12.7. The Morgan fingerprint density at radius 1 is 1.00 bits per heavy atom. The third-order valence-corrected chi connectivity index (χ3v) is 6.52. The number of rotatable bonds is 4. The number of carbonyl (C=O) groups excluding carboxylic acids is 1. The average molecular weight is 397 g/mol. The minimum absolute atomic E-state index is 0.165. The van der Waals surface area contributed by atoms with Crippen molar-refractivity contribution in [2.45, 2.75) is 4.90 Å². The lowest BCUT2D eigenvalue weighted by Gasteiger charge is -2.26. The molecule has 1 saturated heterocycles. The van der Waals surface area contributed by atoms with Crippen LogP contribution < -0.4 is 5.32 Å². The van der Waals surface area contributed by atoms with Gasteiger partial charge in [0, 0.05) is 30.2 Å². The molecule has 4 rings (SSSR count). The van der Waals surface area contributed by atoms with E-state index in [1.807, 2.05) is 24.3 Å². The second-order valence-electron chi connectivity index (χ2n) is 6.38. The summed E-state index contributed by atoms with van der Waals surface area (Å²) in [5, 5.41) is 3.77. The van der Waals surface area contributed by atoms with Crippen molar-refractivity contribution in [1.29, 1.82) is 0 Å². The van der Waals surface area contributed by atoms with E-state index in [0.717, 1.165) is 5.39 Å². The molecule has 2 heterocycles. The molecule has 0 atom stereocenters. The number of para-hydroxylation sites is 1. The van der Waals surface area contributed by atoms with Gasteiger partial charge >= 0.3 is 0 Å². The summed E-state index contributed by atoms with van der Waals surface area (Å²) in [6, 6.07) is 15.3. The number of ether oxygens (including phenoxy) is 1. The minimum atomic E-state index is -3.58. The van der Waals surface area contributed by atoms with E-state index in [1.54, 1.807) is 12.3 Å². The molecular formula is C20H19N3O4S. The monoisotopic (exact) mass is 397 g/mol. The van der Waals surface area contributed by atoms with Gasteiger partial charge in [0.2, 0.25) is 10.0 Å². The van der Waals surface area contributed by atoms with Gasteiger partial charge in [-0.25, -0.2) is 8.42 Å². The van der Waals surface area contributed by atoms with Crippen molar-refractivity contribution >= 4 is 32.5 Å². The van der Waals surface area contributed by atoms with Gasteiger partial charge in [-0.15, -0.1) is 0 Å². The van der Waals surface area contributed by atoms with Crippen LogP contribution in [0.25, 0.3) is 10.9 Å². The lowest BCUT2D eigenvalue weighted by molar-refractivity contribution is 0.0730. The van der Waals surface area contributed by atoms with E-state index in [9.17, 15) is 13.2 Å². The van der Waals surface area contributed by atoms with Gasteiger partial charge in [0.1, 0.15) is 0 Å². The Labute approximate surface area is 163 Å². The number of pyridine rings is 1. The van der Waals surface area contributed by atoms with Crippen molar-refractivity contribution in [3.05, 3.63) is 66.4 Å². The molecule has 2 aromatic carbocycles. The molecule has 0 bridgehead atoms. The molecule has 1 aromatic heterocycles. The molecule has 1 aliphatic rings. The van der Waals surface area contributed by atoms with E-state index in [1.165, 1.54) is 28.6 Å². The Balaban J connectivity index is 1.54. The number of hydrogen-bond donors (Lipinski definition) is 1. The smallest absolute Gasteiger partial charge is 0.255 e. The van der Waals surface area contributed by atoms with Crippen LogP contribution in [0.1, 0.15) is 10.4 Å². The van der Waals surface area contributed by atoms with E-state index < -0.39 is 10.0 Å². The van der Waals surface area contributed by atoms with Crippen molar-refractivity contribution in [3.8, 4) is 0 Å². The molecule has 0 aliphatic carbocycles. The zero-order valence-electron chi connectivity index (χ0n) is 15.0. The Bertz CT molecular complexity index is 1100. The molecule has 1 fully saturated rings. The number of sulfonamides is 1. The zero-order valence-corrected chi connectivity index (χ0v) is 15.9. The van der Waals surface area contributed by atoms with Gasteiger partial charge in [-0.1, -0.05) is 18.2 Å². The highest BCUT2D eigenvalue weighted by Gasteiger charge is 2.26. The number of amides is 1. The standard InChI is InChI=1S/C20H19N3O4S/c24-20(22-18-5-1-3-15-4-2-10-21-19(15)18)16-6-8-17(9-7-16)28(25,26)23-11-13-27-14-12-23/h1-10H,11-14H2,(H,22,24). The summed E-state index contributed by atoms with van der Waals surface area (Å²) in [5.74, 6) is -0.325. The fourth-order valence-electron chi connectivity index (χ4n) is 3.11. The van der Waals surface area contributed by atoms with Crippen LogP contribution in [0.15, 0.2) is 65.7 Å². The number of hydrogen-bond acceptors (Lipinski definition) is 5. The van der Waals surface area contributed by atoms with Gasteiger partial charge in [-0.3, -0.25) is 9.78 Å². The maximum Gasteiger partial charge on any atom is 0.255 e. The van der Waals surface area contributed by atoms with Crippen LogP contribution in [-0.2, 0) is 14.8 Å². The number of anilines is 1. The van der Waals surface area contributed by atoms with Crippen molar-refractivity contribution in [2.24, 2.45) is 0 Å². The number of benzene rings is 2. The first-order chi connectivity index (χ1) is 13.6. The second-order valence-corrected chi connectivity index (χ2v) is 8.31. The summed E-state index contributed by atoms with van der Waals surface area (Å²) in [7, 11) is -3.58. The van der Waals surface area contributed by atoms with Gasteiger partial charge < -0.3 is 10.1 Å². The van der Waals surface area contributed by atoms with Gasteiger partial charge in [0.05, 0.1) is 29.3 Å². The van der Waals surface area contributed by atoms with Crippen LogP contribution in [0.2, 0.25) is 0 Å². The molecule has 8 heteroatoms. The fraction of sp³-hybridized carbons (Fsp3) is 0.200. The summed E-state index contributed by atoms with van der Waals surface area (Å²) < 4.78 is 31.9. The van der Waals surface area contributed by atoms with Crippen molar-refractivity contribution in [1.82, 2.24) is 9.29 Å². The van der Waals surface area contributed by atoms with Crippen molar-refractivity contribution < 1.29 is 17.9 Å². The summed E-state index contributed by atoms with van der Waals surface area (Å²) in [5.41, 5.74) is 1.67. The Kier molecular flexibility index (Phi) is 5.08. The third-order valence-electron chi connectivity index (χ3n) is 4.61. The summed E-state index contributed by atoms with van der Waals surface area (Å²) in [4.78, 5) is 17.1. The predicted octanol–water partition coefficient (Wildman–Crippen LogP) is 2.51. The van der Waals surface area contributed by atoms with Gasteiger partial charge in [-0.2, -0.15) is 4.31 Å². The van der Waals surface area contributed by atoms with E-state index in [4.69, 9.17) is 4.74 Å². The molecule has 3 aromatic rings. The predicted molar refractivity (Wildman–Crippen MR) is 106 cm³/mol. The van der Waals surface area contributed by atoms with Crippen LogP contribution in [0, 0.1) is 0 Å². The van der Waals surface area contributed by atoms with Crippen LogP contribution in [0.3, 0.4) is 0 Å². The molecule has 7 nitrogen and oxygen atoms in total. The van der Waals surface area contributed by atoms with Crippen LogP contribution >= 0.6 is 0 Å². The first-order valence-corrected chi connectivity index (χ1v) is 10.3. The minimum Gasteiger partial charge on any atom is -0.379 e. The first kappa shape index (κ1) is 18.5. The number of nitrogens with one attached hydrogen (secondary N) is 1. The Morgan fingerprint density at radius 2 is 1.71 bits per heavy atom. The van der Waals surface area contributed by atoms with Crippen LogP contribution in [0.5, 0.6) is 0 Å². The lowest BCUT2D eigenvalue weighted by atomic mass is 10.1. The molecule has 0 saturated carbocycles. The van der Waals surface area contributed by atoms with Crippen LogP contribution in [-0.4, -0.2) is 49.9 Å². The summed E-state index contributed by atoms with van der Waals surface area (Å²) in [6.45, 7) is 1.44. The quantitative estimate of drug-likeness (QED) is 0.731. The number of morpholine rings is 1. The largest absolute Gasteiger partial charge is 0.379 e. The normalized spacial score (nSPS) is 15.4. The third kappa shape index (κ3) is 3.62. The van der Waals surface area contributed by atoms with Crippen molar-refractivity contribution in [2.75, 3.05) is 31.6 Å². The van der Waals surface area contributed by atoms with Gasteiger partial charge in [0.15, 0.2) is 0 Å². The number of aromatic nitrogens is 1. The van der Waals surface area contributed by atoms with Gasteiger partial charge in [0.25, 0.3) is 5.91 Å². The number of fused-ring (bicyclic) bond motifs is 1. The highest BCUT2D eigenvalue weighted by Crippen LogP contribution is 2.22. The lowest BCUT2D eigenvalue weighted by Crippen LogP contribution is -2.40. The number of nitrogens with zero attached hydrogens (tertiary/aromatic N) is 2. The van der Waals surface area contributed by atoms with Crippen molar-refractivity contribution in [3.63, 3.8) is 0 Å². The topological polar surface area (TPSA) is 88.6 Å². The second kappa shape index (κ2) is 7.67. The molecule has 1 N–H and O–H groups in total. The molecule has 1 amide bonds. The maximum absolute atomic E-state index is 12.7. The van der Waals surface area contributed by atoms with E-state index >= 15 is 0 Å².